The molecule has 2 heteroatoms. The molecule has 0 N–H and O–H groups in total. The predicted molar refractivity (Wildman–Crippen MR) is 69.4 cm³/mol. The molecule has 82 valence electrons. The number of nitrogens with zero attached hydrogens (tertiary/aromatic N) is 2. The van der Waals surface area contributed by atoms with Crippen molar-refractivity contribution in [3.8, 4) is 23.3 Å². The van der Waals surface area contributed by atoms with Crippen molar-refractivity contribution in [1.82, 2.24) is 0 Å². The van der Waals surface area contributed by atoms with E-state index in [0.29, 0.717) is 11.1 Å². The third-order valence-corrected chi connectivity index (χ3v) is 3.28. The van der Waals surface area contributed by atoms with Gasteiger partial charge in [-0.05, 0) is 28.3 Å². The van der Waals surface area contributed by atoms with Gasteiger partial charge in [0.2, 0.25) is 0 Å². The van der Waals surface area contributed by atoms with Crippen molar-refractivity contribution >= 4 is 5.57 Å². The van der Waals surface area contributed by atoms with Gasteiger partial charge >= 0.3 is 0 Å². The molecule has 2 aromatic carbocycles. The van der Waals surface area contributed by atoms with Gasteiger partial charge in [0.1, 0.15) is 12.1 Å². The van der Waals surface area contributed by atoms with Crippen LogP contribution in [0.15, 0.2) is 43.0 Å². The fourth-order valence-corrected chi connectivity index (χ4v) is 2.47. The van der Waals surface area contributed by atoms with Crippen LogP contribution in [0, 0.1) is 22.7 Å². The molecule has 0 saturated heterocycles. The predicted octanol–water partition coefficient (Wildman–Crippen LogP) is 3.47. The van der Waals surface area contributed by atoms with Crippen LogP contribution < -0.4 is 0 Å². The van der Waals surface area contributed by atoms with E-state index >= 15 is 0 Å². The van der Waals surface area contributed by atoms with Crippen LogP contribution >= 0.6 is 0 Å². The number of fused-ring (bicyclic) bond motifs is 3. The van der Waals surface area contributed by atoms with Crippen molar-refractivity contribution in [1.29, 1.82) is 10.5 Å². The van der Waals surface area contributed by atoms with E-state index in [9.17, 15) is 5.26 Å². The maximum Gasteiger partial charge on any atom is 0.101 e. The molecule has 2 aromatic rings. The summed E-state index contributed by atoms with van der Waals surface area (Å²) in [5.41, 5.74) is 5.58. The number of hydrogen-bond acceptors (Lipinski definition) is 2. The normalized spacial score (nSPS) is 11.3. The quantitative estimate of drug-likeness (QED) is 0.591. The Morgan fingerprint density at radius 2 is 1.56 bits per heavy atom. The summed E-state index contributed by atoms with van der Waals surface area (Å²) in [4.78, 5) is 0. The Balaban J connectivity index is 2.43. The minimum atomic E-state index is 0.408. The van der Waals surface area contributed by atoms with E-state index in [-0.39, 0.29) is 0 Å². The van der Waals surface area contributed by atoms with Crippen molar-refractivity contribution in [2.24, 2.45) is 0 Å². The second kappa shape index (κ2) is 3.58. The molecule has 18 heavy (non-hydrogen) atoms. The molecule has 0 aromatic heterocycles. The van der Waals surface area contributed by atoms with Gasteiger partial charge in [0.05, 0.1) is 11.1 Å². The molecule has 2 nitrogen and oxygen atoms in total. The molecule has 0 bridgehead atoms. The summed E-state index contributed by atoms with van der Waals surface area (Å²) in [5, 5.41) is 18.3. The Hall–Kier alpha value is -2.84. The Morgan fingerprint density at radius 1 is 0.833 bits per heavy atom. The van der Waals surface area contributed by atoms with Crippen molar-refractivity contribution < 1.29 is 0 Å². The van der Waals surface area contributed by atoms with E-state index in [1.54, 1.807) is 6.07 Å². The molecule has 1 aliphatic carbocycles. The highest BCUT2D eigenvalue weighted by Crippen LogP contribution is 2.45. The minimum absolute atomic E-state index is 0.408. The second-order valence-electron chi connectivity index (χ2n) is 4.16. The van der Waals surface area contributed by atoms with Gasteiger partial charge in [-0.3, -0.25) is 0 Å². The van der Waals surface area contributed by atoms with E-state index in [1.807, 2.05) is 30.3 Å². The lowest BCUT2D eigenvalue weighted by molar-refractivity contribution is 1.42. The SMILES string of the molecule is C=C1c2ccccc2-c2ccc(C#N)c(C#N)c21. The lowest BCUT2D eigenvalue weighted by atomic mass is 9.96. The first-order valence-electron chi connectivity index (χ1n) is 5.54. The zero-order chi connectivity index (χ0) is 12.7. The molecule has 0 spiro atoms. The molecule has 0 heterocycles. The van der Waals surface area contributed by atoms with Crippen LogP contribution in [-0.4, -0.2) is 0 Å². The zero-order valence-corrected chi connectivity index (χ0v) is 9.57. The summed E-state index contributed by atoms with van der Waals surface area (Å²) >= 11 is 0. The molecule has 3 rings (SSSR count). The van der Waals surface area contributed by atoms with Crippen LogP contribution in [0.1, 0.15) is 22.3 Å². The van der Waals surface area contributed by atoms with E-state index in [4.69, 9.17) is 5.26 Å². The molecule has 0 atom stereocenters. The monoisotopic (exact) mass is 228 g/mol. The summed E-state index contributed by atoms with van der Waals surface area (Å²) in [7, 11) is 0. The number of nitriles is 2. The first-order chi connectivity index (χ1) is 8.77. The summed E-state index contributed by atoms with van der Waals surface area (Å²) in [6, 6.07) is 15.7. The van der Waals surface area contributed by atoms with Crippen LogP contribution in [-0.2, 0) is 0 Å². The van der Waals surface area contributed by atoms with Crippen molar-refractivity contribution in [2.75, 3.05) is 0 Å². The minimum Gasteiger partial charge on any atom is -0.192 e. The maximum absolute atomic E-state index is 9.27. The first-order valence-corrected chi connectivity index (χ1v) is 5.54. The number of hydrogen-bond donors (Lipinski definition) is 0. The molecule has 1 aliphatic rings. The molecule has 0 radical (unpaired) electrons. The maximum atomic E-state index is 9.27. The average molecular weight is 228 g/mol. The highest BCUT2D eigenvalue weighted by Gasteiger charge is 2.25. The molecule has 0 saturated carbocycles. The molecular formula is C16H8N2. The molecule has 0 fully saturated rings. The summed E-state index contributed by atoms with van der Waals surface area (Å²) in [6.45, 7) is 4.06. The van der Waals surface area contributed by atoms with E-state index in [0.717, 1.165) is 27.8 Å². The Bertz CT molecular complexity index is 771. The van der Waals surface area contributed by atoms with E-state index in [1.165, 1.54) is 0 Å². The van der Waals surface area contributed by atoms with Crippen LogP contribution in [0.4, 0.5) is 0 Å². The number of rotatable bonds is 0. The summed E-state index contributed by atoms with van der Waals surface area (Å²) < 4.78 is 0. The number of benzene rings is 2. The largest absolute Gasteiger partial charge is 0.192 e. The van der Waals surface area contributed by atoms with Gasteiger partial charge in [-0.15, -0.1) is 0 Å². The highest BCUT2D eigenvalue weighted by molar-refractivity contribution is 6.02. The second-order valence-corrected chi connectivity index (χ2v) is 4.16. The topological polar surface area (TPSA) is 47.6 Å². The van der Waals surface area contributed by atoms with Gasteiger partial charge in [-0.2, -0.15) is 10.5 Å². The van der Waals surface area contributed by atoms with Crippen LogP contribution in [0.3, 0.4) is 0 Å². The van der Waals surface area contributed by atoms with Gasteiger partial charge in [0.15, 0.2) is 0 Å². The standard InChI is InChI=1S/C16H8N2/c1-10-12-4-2-3-5-13(12)14-7-6-11(8-17)15(9-18)16(10)14/h2-7H,1H2. The third-order valence-electron chi connectivity index (χ3n) is 3.28. The van der Waals surface area contributed by atoms with Gasteiger partial charge in [0.25, 0.3) is 0 Å². The fourth-order valence-electron chi connectivity index (χ4n) is 2.47. The summed E-state index contributed by atoms with van der Waals surface area (Å²) in [5.74, 6) is 0. The van der Waals surface area contributed by atoms with Gasteiger partial charge in [-0.1, -0.05) is 36.9 Å². The molecule has 0 amide bonds. The van der Waals surface area contributed by atoms with Crippen LogP contribution in [0.5, 0.6) is 0 Å². The van der Waals surface area contributed by atoms with Gasteiger partial charge in [0, 0.05) is 5.56 Å². The Labute approximate surface area is 105 Å². The lowest BCUT2D eigenvalue weighted by Gasteiger charge is -2.04. The Morgan fingerprint density at radius 3 is 2.22 bits per heavy atom. The first kappa shape index (κ1) is 10.3. The van der Waals surface area contributed by atoms with Crippen LogP contribution in [0.25, 0.3) is 16.7 Å². The van der Waals surface area contributed by atoms with E-state index < -0.39 is 0 Å². The summed E-state index contributed by atoms with van der Waals surface area (Å²) in [6.07, 6.45) is 0. The van der Waals surface area contributed by atoms with Gasteiger partial charge < -0.3 is 0 Å². The third kappa shape index (κ3) is 1.15. The zero-order valence-electron chi connectivity index (χ0n) is 9.57. The average Bonchev–Trinajstić information content (AvgIpc) is 2.72. The molecular weight excluding hydrogens is 220 g/mol. The van der Waals surface area contributed by atoms with E-state index in [2.05, 4.69) is 18.7 Å². The van der Waals surface area contributed by atoms with Crippen molar-refractivity contribution in [3.63, 3.8) is 0 Å². The van der Waals surface area contributed by atoms with Crippen molar-refractivity contribution in [3.05, 3.63) is 65.2 Å². The fraction of sp³-hybridized carbons (Fsp3) is 0. The molecule has 0 aliphatic heterocycles. The highest BCUT2D eigenvalue weighted by atomic mass is 14.3. The lowest BCUT2D eigenvalue weighted by Crippen LogP contribution is -1.91. The molecule has 0 unspecified atom stereocenters. The Kier molecular flexibility index (Phi) is 2.06. The van der Waals surface area contributed by atoms with Crippen LogP contribution in [0.2, 0.25) is 0 Å². The smallest absolute Gasteiger partial charge is 0.101 e. The van der Waals surface area contributed by atoms with Crippen molar-refractivity contribution in [2.45, 2.75) is 0 Å². The van der Waals surface area contributed by atoms with Gasteiger partial charge in [-0.25, -0.2) is 0 Å².